The Morgan fingerprint density at radius 2 is 2.08 bits per heavy atom. The molecule has 0 spiro atoms. The first-order valence-corrected chi connectivity index (χ1v) is 3.89. The number of anilines is 1. The molecule has 1 heterocycles. The summed E-state index contributed by atoms with van der Waals surface area (Å²) < 4.78 is 26.1. The van der Waals surface area contributed by atoms with Gasteiger partial charge in [0.2, 0.25) is 0 Å². The molecule has 1 aromatic carbocycles. The van der Waals surface area contributed by atoms with E-state index in [0.29, 0.717) is 0 Å². The van der Waals surface area contributed by atoms with E-state index >= 15 is 0 Å². The largest absolute Gasteiger partial charge is 0.352 e. The zero-order valence-corrected chi connectivity index (χ0v) is 7.03. The molecule has 0 atom stereocenters. The van der Waals surface area contributed by atoms with Crippen molar-refractivity contribution >= 4 is 23.2 Å². The van der Waals surface area contributed by atoms with Crippen molar-refractivity contribution < 1.29 is 13.6 Å². The Balaban J connectivity index is 2.64. The van der Waals surface area contributed by atoms with Gasteiger partial charge in [-0.2, -0.15) is 8.78 Å². The van der Waals surface area contributed by atoms with Crippen molar-refractivity contribution in [1.82, 2.24) is 0 Å². The van der Waals surface area contributed by atoms with Gasteiger partial charge in [-0.3, -0.25) is 4.79 Å². The summed E-state index contributed by atoms with van der Waals surface area (Å²) in [7, 11) is 0. The van der Waals surface area contributed by atoms with E-state index in [9.17, 15) is 13.6 Å². The van der Waals surface area contributed by atoms with Crippen LogP contribution in [0.25, 0.3) is 0 Å². The van der Waals surface area contributed by atoms with Crippen molar-refractivity contribution in [2.24, 2.45) is 0 Å². The molecule has 5 heteroatoms. The van der Waals surface area contributed by atoms with Gasteiger partial charge in [-0.25, -0.2) is 0 Å². The lowest BCUT2D eigenvalue weighted by Gasteiger charge is -2.05. The topological polar surface area (TPSA) is 29.1 Å². The highest BCUT2D eigenvalue weighted by Gasteiger charge is 2.48. The second kappa shape index (κ2) is 2.42. The van der Waals surface area contributed by atoms with E-state index in [1.165, 1.54) is 12.1 Å². The predicted molar refractivity (Wildman–Crippen MR) is 44.0 cm³/mol. The monoisotopic (exact) mass is 203 g/mol. The van der Waals surface area contributed by atoms with Gasteiger partial charge in [-0.15, -0.1) is 0 Å². The van der Waals surface area contributed by atoms with Crippen LogP contribution in [0, 0.1) is 0 Å². The fourth-order valence-corrected chi connectivity index (χ4v) is 1.38. The summed E-state index contributed by atoms with van der Waals surface area (Å²) in [6, 6.07) is 3.90. The van der Waals surface area contributed by atoms with Crippen LogP contribution in [0.15, 0.2) is 18.2 Å². The standard InChI is InChI=1S/C8H4ClF2NO/c9-4-1-2-6-5(3-4)8(10,11)7(13)12-6/h1-3H,(H,12,13). The number of halogens is 3. The average Bonchev–Trinajstić information content (AvgIpc) is 2.27. The van der Waals surface area contributed by atoms with E-state index in [2.05, 4.69) is 5.32 Å². The Morgan fingerprint density at radius 1 is 1.38 bits per heavy atom. The van der Waals surface area contributed by atoms with Gasteiger partial charge in [0.15, 0.2) is 0 Å². The van der Waals surface area contributed by atoms with Crippen molar-refractivity contribution in [2.45, 2.75) is 5.92 Å². The molecule has 2 nitrogen and oxygen atoms in total. The van der Waals surface area contributed by atoms with Gasteiger partial charge in [0.1, 0.15) is 0 Å². The molecule has 0 saturated carbocycles. The minimum atomic E-state index is -3.46. The van der Waals surface area contributed by atoms with Crippen LogP contribution in [0.4, 0.5) is 14.5 Å². The molecule has 2 rings (SSSR count). The maximum atomic E-state index is 13.0. The number of hydrogen-bond acceptors (Lipinski definition) is 1. The van der Waals surface area contributed by atoms with Crippen molar-refractivity contribution in [3.8, 4) is 0 Å². The SMILES string of the molecule is O=C1Nc2ccc(Cl)cc2C1(F)F. The minimum Gasteiger partial charge on any atom is -0.320 e. The van der Waals surface area contributed by atoms with Crippen molar-refractivity contribution in [3.05, 3.63) is 28.8 Å². The van der Waals surface area contributed by atoms with Gasteiger partial charge < -0.3 is 5.32 Å². The van der Waals surface area contributed by atoms with Crippen molar-refractivity contribution in [3.63, 3.8) is 0 Å². The van der Waals surface area contributed by atoms with Gasteiger partial charge in [0, 0.05) is 5.02 Å². The lowest BCUT2D eigenvalue weighted by Crippen LogP contribution is -2.23. The van der Waals surface area contributed by atoms with Crippen LogP contribution in [0.1, 0.15) is 5.56 Å². The average molecular weight is 204 g/mol. The molecule has 68 valence electrons. The summed E-state index contributed by atoms with van der Waals surface area (Å²) in [6.07, 6.45) is 0. The molecule has 1 aliphatic heterocycles. The number of fused-ring (bicyclic) bond motifs is 1. The summed E-state index contributed by atoms with van der Waals surface area (Å²) in [5.41, 5.74) is -0.232. The fourth-order valence-electron chi connectivity index (χ4n) is 1.21. The van der Waals surface area contributed by atoms with E-state index < -0.39 is 11.8 Å². The molecular weight excluding hydrogens is 200 g/mol. The molecule has 1 N–H and O–H groups in total. The summed E-state index contributed by atoms with van der Waals surface area (Å²) in [5.74, 6) is -4.76. The Hall–Kier alpha value is -1.16. The number of rotatable bonds is 0. The third kappa shape index (κ3) is 1.09. The second-order valence-corrected chi connectivity index (χ2v) is 3.15. The Morgan fingerprint density at radius 3 is 2.77 bits per heavy atom. The Kier molecular flexibility index (Phi) is 1.57. The van der Waals surface area contributed by atoms with Crippen molar-refractivity contribution in [1.29, 1.82) is 0 Å². The third-order valence-electron chi connectivity index (χ3n) is 1.85. The first-order chi connectivity index (χ1) is 6.01. The van der Waals surface area contributed by atoms with E-state index in [1.807, 2.05) is 0 Å². The van der Waals surface area contributed by atoms with Crippen LogP contribution in [-0.2, 0) is 10.7 Å². The van der Waals surface area contributed by atoms with E-state index in [4.69, 9.17) is 11.6 Å². The highest BCUT2D eigenvalue weighted by molar-refractivity contribution is 6.31. The zero-order valence-electron chi connectivity index (χ0n) is 6.27. The van der Waals surface area contributed by atoms with E-state index in [0.717, 1.165) is 6.07 Å². The van der Waals surface area contributed by atoms with Crippen LogP contribution < -0.4 is 5.32 Å². The Bertz CT molecular complexity index is 392. The maximum Gasteiger partial charge on any atom is 0.352 e. The number of carbonyl (C=O) groups excluding carboxylic acids is 1. The number of carbonyl (C=O) groups is 1. The molecule has 0 aliphatic carbocycles. The molecular formula is C8H4ClF2NO. The molecule has 0 bridgehead atoms. The van der Waals surface area contributed by atoms with E-state index in [-0.39, 0.29) is 16.3 Å². The number of nitrogens with one attached hydrogen (secondary N) is 1. The smallest absolute Gasteiger partial charge is 0.320 e. The molecule has 0 fully saturated rings. The first kappa shape index (κ1) is 8.44. The fraction of sp³-hybridized carbons (Fsp3) is 0.125. The second-order valence-electron chi connectivity index (χ2n) is 2.72. The molecule has 13 heavy (non-hydrogen) atoms. The van der Waals surface area contributed by atoms with Gasteiger partial charge in [-0.05, 0) is 18.2 Å². The molecule has 0 radical (unpaired) electrons. The highest BCUT2D eigenvalue weighted by atomic mass is 35.5. The Labute approximate surface area is 77.5 Å². The normalized spacial score (nSPS) is 18.2. The highest BCUT2D eigenvalue weighted by Crippen LogP contribution is 2.41. The van der Waals surface area contributed by atoms with Gasteiger partial charge in [0.25, 0.3) is 5.91 Å². The predicted octanol–water partition coefficient (Wildman–Crippen LogP) is 2.38. The number of amides is 1. The van der Waals surface area contributed by atoms with Gasteiger partial charge in [-0.1, -0.05) is 11.6 Å². The van der Waals surface area contributed by atoms with Crippen LogP contribution >= 0.6 is 11.6 Å². The molecule has 1 aromatic rings. The summed E-state index contributed by atoms with van der Waals surface area (Å²) in [4.78, 5) is 10.8. The third-order valence-corrected chi connectivity index (χ3v) is 2.09. The minimum absolute atomic E-state index is 0.124. The molecule has 1 amide bonds. The van der Waals surface area contributed by atoms with Crippen molar-refractivity contribution in [2.75, 3.05) is 5.32 Å². The van der Waals surface area contributed by atoms with Gasteiger partial charge in [0.05, 0.1) is 11.3 Å². The zero-order chi connectivity index (χ0) is 9.64. The van der Waals surface area contributed by atoms with Crippen LogP contribution in [-0.4, -0.2) is 5.91 Å². The lowest BCUT2D eigenvalue weighted by molar-refractivity contribution is -0.139. The quantitative estimate of drug-likeness (QED) is 0.689. The number of benzene rings is 1. The van der Waals surface area contributed by atoms with Crippen LogP contribution in [0.3, 0.4) is 0 Å². The van der Waals surface area contributed by atoms with Gasteiger partial charge >= 0.3 is 5.92 Å². The summed E-state index contributed by atoms with van der Waals surface area (Å²) in [5, 5.41) is 2.26. The van der Waals surface area contributed by atoms with E-state index in [1.54, 1.807) is 0 Å². The maximum absolute atomic E-state index is 13.0. The molecule has 1 aliphatic rings. The summed E-state index contributed by atoms with van der Waals surface area (Å²) in [6.45, 7) is 0. The number of alkyl halides is 2. The molecule has 0 saturated heterocycles. The van der Waals surface area contributed by atoms with Crippen LogP contribution in [0.5, 0.6) is 0 Å². The summed E-state index contributed by atoms with van der Waals surface area (Å²) >= 11 is 5.53. The lowest BCUT2D eigenvalue weighted by atomic mass is 10.1. The van der Waals surface area contributed by atoms with Crippen LogP contribution in [0.2, 0.25) is 5.02 Å². The molecule has 0 aromatic heterocycles. The number of hydrogen-bond donors (Lipinski definition) is 1. The molecule has 0 unspecified atom stereocenters. The first-order valence-electron chi connectivity index (χ1n) is 3.51.